The molecule has 1 saturated heterocycles. The number of hydrogen-bond acceptors (Lipinski definition) is 4. The molecule has 0 bridgehead atoms. The molecule has 2 aliphatic heterocycles. The van der Waals surface area contributed by atoms with Crippen molar-refractivity contribution in [3.05, 3.63) is 46.6 Å². The first-order valence-electron chi connectivity index (χ1n) is 10.7. The summed E-state index contributed by atoms with van der Waals surface area (Å²) in [5.74, 6) is 1.76. The van der Waals surface area contributed by atoms with Crippen LogP contribution in [0.5, 0.6) is 0 Å². The molecule has 1 fully saturated rings. The average molecular weight is 398 g/mol. The highest BCUT2D eigenvalue weighted by molar-refractivity contribution is 5.80. The third-order valence-electron chi connectivity index (χ3n) is 5.74. The molecule has 8 nitrogen and oxygen atoms in total. The summed E-state index contributed by atoms with van der Waals surface area (Å²) < 4.78 is 3.45. The highest BCUT2D eigenvalue weighted by Crippen LogP contribution is 2.19. The molecule has 2 N–H and O–H groups in total. The molecule has 3 heterocycles. The van der Waals surface area contributed by atoms with Gasteiger partial charge in [0, 0.05) is 57.9 Å². The van der Waals surface area contributed by atoms with E-state index in [9.17, 15) is 4.79 Å². The van der Waals surface area contributed by atoms with Crippen LogP contribution in [0.3, 0.4) is 0 Å². The summed E-state index contributed by atoms with van der Waals surface area (Å²) in [6, 6.07) is 10.9. The normalized spacial score (nSPS) is 19.3. The Labute approximate surface area is 171 Å². The van der Waals surface area contributed by atoms with Crippen LogP contribution < -0.4 is 21.2 Å². The van der Waals surface area contributed by atoms with Crippen LogP contribution in [0.1, 0.15) is 31.5 Å². The molecule has 0 spiro atoms. The van der Waals surface area contributed by atoms with Gasteiger partial charge in [0.15, 0.2) is 5.96 Å². The minimum Gasteiger partial charge on any atom is -0.369 e. The van der Waals surface area contributed by atoms with Gasteiger partial charge in [0.25, 0.3) is 0 Å². The van der Waals surface area contributed by atoms with Gasteiger partial charge in [0.05, 0.1) is 0 Å². The summed E-state index contributed by atoms with van der Waals surface area (Å²) in [7, 11) is 1.80. The number of nitrogens with one attached hydrogen (secondary N) is 2. The van der Waals surface area contributed by atoms with Crippen molar-refractivity contribution in [1.82, 2.24) is 25.0 Å². The molecular formula is C21H31N7O. The maximum Gasteiger partial charge on any atom is 0.345 e. The second kappa shape index (κ2) is 9.15. The SMILES string of the molecule is CN=C(NCCCn1nc2n(c1=O)CCCC2)NC1CCN(c2ccccc2)C1. The highest BCUT2D eigenvalue weighted by atomic mass is 16.2. The van der Waals surface area contributed by atoms with Gasteiger partial charge in [-0.2, -0.15) is 5.10 Å². The standard InChI is InChI=1S/C21H31N7O/c1-22-20(24-17-11-15-26(16-17)18-8-3-2-4-9-18)23-12-7-14-28-21(29)27-13-6-5-10-19(27)25-28/h2-4,8-9,17H,5-7,10-16H2,1H3,(H2,22,23,24). The molecule has 1 atom stereocenters. The average Bonchev–Trinajstić information content (AvgIpc) is 3.36. The molecule has 0 radical (unpaired) electrons. The number of nitrogens with zero attached hydrogens (tertiary/aromatic N) is 5. The fraction of sp³-hybridized carbons (Fsp3) is 0.571. The van der Waals surface area contributed by atoms with Gasteiger partial charge in [-0.15, -0.1) is 0 Å². The first kappa shape index (κ1) is 19.5. The summed E-state index contributed by atoms with van der Waals surface area (Å²) in [4.78, 5) is 19.1. The van der Waals surface area contributed by atoms with Gasteiger partial charge < -0.3 is 15.5 Å². The van der Waals surface area contributed by atoms with Crippen LogP contribution >= 0.6 is 0 Å². The summed E-state index contributed by atoms with van der Waals surface area (Å²) in [6.07, 6.45) is 5.04. The van der Waals surface area contributed by atoms with E-state index in [0.29, 0.717) is 12.6 Å². The van der Waals surface area contributed by atoms with Gasteiger partial charge in [-0.05, 0) is 37.8 Å². The topological polar surface area (TPSA) is 79.5 Å². The predicted octanol–water partition coefficient (Wildman–Crippen LogP) is 1.22. The third kappa shape index (κ3) is 4.63. The maximum atomic E-state index is 12.4. The monoisotopic (exact) mass is 397 g/mol. The molecule has 4 rings (SSSR count). The molecule has 0 aliphatic carbocycles. The lowest BCUT2D eigenvalue weighted by atomic mass is 10.2. The van der Waals surface area contributed by atoms with Crippen molar-refractivity contribution in [1.29, 1.82) is 0 Å². The van der Waals surface area contributed by atoms with Gasteiger partial charge in [-0.25, -0.2) is 9.48 Å². The van der Waals surface area contributed by atoms with Crippen molar-refractivity contribution >= 4 is 11.6 Å². The van der Waals surface area contributed by atoms with E-state index in [1.807, 2.05) is 10.6 Å². The molecule has 2 aliphatic rings. The molecule has 0 amide bonds. The van der Waals surface area contributed by atoms with Crippen LogP contribution in [0, 0.1) is 0 Å². The molecule has 1 aromatic carbocycles. The van der Waals surface area contributed by atoms with Crippen molar-refractivity contribution in [2.75, 3.05) is 31.6 Å². The lowest BCUT2D eigenvalue weighted by molar-refractivity contribution is 0.509. The van der Waals surface area contributed by atoms with Crippen molar-refractivity contribution in [2.45, 2.75) is 51.2 Å². The zero-order valence-electron chi connectivity index (χ0n) is 17.2. The van der Waals surface area contributed by atoms with Crippen molar-refractivity contribution in [3.63, 3.8) is 0 Å². The van der Waals surface area contributed by atoms with Gasteiger partial charge >= 0.3 is 5.69 Å². The number of guanidine groups is 1. The van der Waals surface area contributed by atoms with E-state index in [-0.39, 0.29) is 5.69 Å². The van der Waals surface area contributed by atoms with Crippen molar-refractivity contribution in [3.8, 4) is 0 Å². The van der Waals surface area contributed by atoms with Crippen LogP contribution in [0.4, 0.5) is 5.69 Å². The van der Waals surface area contributed by atoms with Crippen LogP contribution in [-0.2, 0) is 19.5 Å². The Morgan fingerprint density at radius 1 is 1.24 bits per heavy atom. The number of hydrogen-bond donors (Lipinski definition) is 2. The Balaban J connectivity index is 1.21. The molecule has 0 saturated carbocycles. The Kier molecular flexibility index (Phi) is 6.17. The Hall–Kier alpha value is -2.77. The number of rotatable bonds is 6. The van der Waals surface area contributed by atoms with Crippen LogP contribution in [0.2, 0.25) is 0 Å². The number of fused-ring (bicyclic) bond motifs is 1. The molecule has 1 unspecified atom stereocenters. The largest absolute Gasteiger partial charge is 0.369 e. The molecule has 8 heteroatoms. The zero-order valence-corrected chi connectivity index (χ0v) is 17.2. The van der Waals surface area contributed by atoms with Crippen LogP contribution in [0.15, 0.2) is 40.1 Å². The summed E-state index contributed by atoms with van der Waals surface area (Å²) in [5.41, 5.74) is 1.31. The molecule has 2 aromatic rings. The van der Waals surface area contributed by atoms with Crippen LogP contribution in [-0.4, -0.2) is 53.0 Å². The quantitative estimate of drug-likeness (QED) is 0.435. The minimum atomic E-state index is 0.0363. The van der Waals surface area contributed by atoms with Gasteiger partial charge in [-0.3, -0.25) is 9.56 Å². The zero-order chi connectivity index (χ0) is 20.1. The van der Waals surface area contributed by atoms with Gasteiger partial charge in [-0.1, -0.05) is 18.2 Å². The Bertz CT molecular complexity index is 886. The number of anilines is 1. The van der Waals surface area contributed by atoms with E-state index in [2.05, 4.69) is 49.9 Å². The second-order valence-corrected chi connectivity index (χ2v) is 7.79. The first-order chi connectivity index (χ1) is 14.2. The van der Waals surface area contributed by atoms with Crippen LogP contribution in [0.25, 0.3) is 0 Å². The fourth-order valence-corrected chi connectivity index (χ4v) is 4.17. The van der Waals surface area contributed by atoms with Crippen molar-refractivity contribution in [2.24, 2.45) is 4.99 Å². The van der Waals surface area contributed by atoms with E-state index in [0.717, 1.165) is 70.1 Å². The van der Waals surface area contributed by atoms with E-state index in [1.165, 1.54) is 5.69 Å². The number of aryl methyl sites for hydroxylation is 2. The lowest BCUT2D eigenvalue weighted by Gasteiger charge is -2.20. The third-order valence-corrected chi connectivity index (χ3v) is 5.74. The highest BCUT2D eigenvalue weighted by Gasteiger charge is 2.23. The van der Waals surface area contributed by atoms with E-state index in [1.54, 1.807) is 11.7 Å². The number of benzene rings is 1. The smallest absolute Gasteiger partial charge is 0.345 e. The van der Waals surface area contributed by atoms with Gasteiger partial charge in [0.2, 0.25) is 0 Å². The van der Waals surface area contributed by atoms with Crippen molar-refractivity contribution < 1.29 is 0 Å². The molecular weight excluding hydrogens is 366 g/mol. The number of aliphatic imine (C=N–C) groups is 1. The Morgan fingerprint density at radius 2 is 2.10 bits per heavy atom. The molecule has 1 aromatic heterocycles. The predicted molar refractivity (Wildman–Crippen MR) is 116 cm³/mol. The number of para-hydroxylation sites is 1. The molecule has 156 valence electrons. The summed E-state index contributed by atoms with van der Waals surface area (Å²) in [5, 5.41) is 11.4. The minimum absolute atomic E-state index is 0.0363. The Morgan fingerprint density at radius 3 is 2.90 bits per heavy atom. The fourth-order valence-electron chi connectivity index (χ4n) is 4.17. The first-order valence-corrected chi connectivity index (χ1v) is 10.7. The van der Waals surface area contributed by atoms with Gasteiger partial charge in [0.1, 0.15) is 5.82 Å². The maximum absolute atomic E-state index is 12.4. The summed E-state index contributed by atoms with van der Waals surface area (Å²) in [6.45, 7) is 4.22. The van der Waals surface area contributed by atoms with E-state index < -0.39 is 0 Å². The van der Waals surface area contributed by atoms with E-state index in [4.69, 9.17) is 0 Å². The molecule has 29 heavy (non-hydrogen) atoms. The summed E-state index contributed by atoms with van der Waals surface area (Å²) >= 11 is 0. The second-order valence-electron chi connectivity index (χ2n) is 7.79. The lowest BCUT2D eigenvalue weighted by Crippen LogP contribution is -2.45. The number of aromatic nitrogens is 3. The van der Waals surface area contributed by atoms with E-state index >= 15 is 0 Å².